The molecule has 7 heteroatoms. The summed E-state index contributed by atoms with van der Waals surface area (Å²) in [5.74, 6) is 1.88. The van der Waals surface area contributed by atoms with E-state index in [0.717, 1.165) is 5.69 Å². The lowest BCUT2D eigenvalue weighted by Crippen LogP contribution is -2.14. The highest BCUT2D eigenvalue weighted by atomic mass is 16.5. The summed E-state index contributed by atoms with van der Waals surface area (Å²) in [6.07, 6.45) is 1.68. The van der Waals surface area contributed by atoms with Gasteiger partial charge in [0.1, 0.15) is 5.75 Å². The van der Waals surface area contributed by atoms with Crippen LogP contribution in [0, 0.1) is 0 Å². The van der Waals surface area contributed by atoms with Crippen LogP contribution < -0.4 is 19.5 Å². The zero-order valence-electron chi connectivity index (χ0n) is 17.1. The van der Waals surface area contributed by atoms with E-state index in [4.69, 9.17) is 14.2 Å². The second kappa shape index (κ2) is 9.04. The van der Waals surface area contributed by atoms with Gasteiger partial charge in [-0.2, -0.15) is 5.10 Å². The van der Waals surface area contributed by atoms with E-state index in [2.05, 4.69) is 10.4 Å². The van der Waals surface area contributed by atoms with Crippen molar-refractivity contribution in [2.45, 2.75) is 0 Å². The Labute approximate surface area is 179 Å². The predicted octanol–water partition coefficient (Wildman–Crippen LogP) is 4.93. The SMILES string of the molecule is COc1ccccc1Oc1ccc(NC(=O)c2nn(-c3ccccc3)cc2OC)cc1. The minimum atomic E-state index is -0.370. The van der Waals surface area contributed by atoms with E-state index in [-0.39, 0.29) is 11.6 Å². The Morgan fingerprint density at radius 1 is 0.806 bits per heavy atom. The molecule has 4 aromatic rings. The summed E-state index contributed by atoms with van der Waals surface area (Å²) in [5, 5.41) is 7.22. The van der Waals surface area contributed by atoms with Crippen molar-refractivity contribution in [3.05, 3.63) is 90.8 Å². The van der Waals surface area contributed by atoms with E-state index in [1.165, 1.54) is 7.11 Å². The molecule has 1 N–H and O–H groups in total. The van der Waals surface area contributed by atoms with Crippen LogP contribution in [-0.2, 0) is 0 Å². The number of hydrogen-bond acceptors (Lipinski definition) is 5. The Morgan fingerprint density at radius 3 is 2.13 bits per heavy atom. The van der Waals surface area contributed by atoms with Gasteiger partial charge in [0.25, 0.3) is 5.91 Å². The van der Waals surface area contributed by atoms with Gasteiger partial charge in [-0.1, -0.05) is 30.3 Å². The van der Waals surface area contributed by atoms with Crippen LogP contribution in [0.15, 0.2) is 85.1 Å². The van der Waals surface area contributed by atoms with Crippen LogP contribution in [0.1, 0.15) is 10.5 Å². The molecule has 0 aliphatic carbocycles. The van der Waals surface area contributed by atoms with Gasteiger partial charge >= 0.3 is 0 Å². The smallest absolute Gasteiger partial charge is 0.280 e. The fourth-order valence-corrected chi connectivity index (χ4v) is 3.00. The Bertz CT molecular complexity index is 1170. The third-order valence-electron chi connectivity index (χ3n) is 4.55. The number of para-hydroxylation sites is 3. The first-order valence-corrected chi connectivity index (χ1v) is 9.59. The number of aromatic nitrogens is 2. The topological polar surface area (TPSA) is 74.6 Å². The number of benzene rings is 3. The lowest BCUT2D eigenvalue weighted by molar-refractivity contribution is 0.101. The van der Waals surface area contributed by atoms with Crippen LogP contribution in [0.25, 0.3) is 5.69 Å². The second-order valence-electron chi connectivity index (χ2n) is 6.56. The minimum absolute atomic E-state index is 0.195. The van der Waals surface area contributed by atoms with Crippen LogP contribution in [0.5, 0.6) is 23.0 Å². The maximum Gasteiger partial charge on any atom is 0.280 e. The number of nitrogens with one attached hydrogen (secondary N) is 1. The Kier molecular flexibility index (Phi) is 5.84. The highest BCUT2D eigenvalue weighted by molar-refractivity contribution is 6.04. The molecule has 0 fully saturated rings. The molecular weight excluding hydrogens is 394 g/mol. The maximum atomic E-state index is 12.8. The molecule has 0 atom stereocenters. The normalized spacial score (nSPS) is 10.4. The molecule has 0 spiro atoms. The molecule has 1 aromatic heterocycles. The summed E-state index contributed by atoms with van der Waals surface area (Å²) in [4.78, 5) is 12.8. The molecule has 7 nitrogen and oxygen atoms in total. The highest BCUT2D eigenvalue weighted by Crippen LogP contribution is 2.31. The third kappa shape index (κ3) is 4.51. The number of nitrogens with zero attached hydrogens (tertiary/aromatic N) is 2. The van der Waals surface area contributed by atoms with Gasteiger partial charge in [0, 0.05) is 5.69 Å². The van der Waals surface area contributed by atoms with Gasteiger partial charge in [-0.25, -0.2) is 4.68 Å². The van der Waals surface area contributed by atoms with E-state index in [1.54, 1.807) is 42.3 Å². The van der Waals surface area contributed by atoms with Crippen molar-refractivity contribution in [1.29, 1.82) is 0 Å². The van der Waals surface area contributed by atoms with Gasteiger partial charge < -0.3 is 19.5 Å². The summed E-state index contributed by atoms with van der Waals surface area (Å²) in [7, 11) is 3.10. The number of amides is 1. The molecule has 0 saturated carbocycles. The average Bonchev–Trinajstić information content (AvgIpc) is 3.26. The van der Waals surface area contributed by atoms with E-state index >= 15 is 0 Å². The van der Waals surface area contributed by atoms with Gasteiger partial charge in [0.05, 0.1) is 26.1 Å². The van der Waals surface area contributed by atoms with E-state index < -0.39 is 0 Å². The number of rotatable bonds is 7. The minimum Gasteiger partial charge on any atom is -0.493 e. The average molecular weight is 415 g/mol. The van der Waals surface area contributed by atoms with Crippen molar-refractivity contribution in [2.24, 2.45) is 0 Å². The monoisotopic (exact) mass is 415 g/mol. The molecule has 156 valence electrons. The largest absolute Gasteiger partial charge is 0.493 e. The first-order valence-electron chi connectivity index (χ1n) is 9.59. The number of anilines is 1. The molecule has 0 radical (unpaired) electrons. The van der Waals surface area contributed by atoms with Crippen molar-refractivity contribution in [3.8, 4) is 28.7 Å². The molecule has 0 saturated heterocycles. The van der Waals surface area contributed by atoms with Crippen LogP contribution >= 0.6 is 0 Å². The number of hydrogen-bond donors (Lipinski definition) is 1. The molecule has 3 aromatic carbocycles. The van der Waals surface area contributed by atoms with Crippen molar-refractivity contribution in [1.82, 2.24) is 9.78 Å². The van der Waals surface area contributed by atoms with Gasteiger partial charge in [0.2, 0.25) is 0 Å². The second-order valence-corrected chi connectivity index (χ2v) is 6.56. The summed E-state index contributed by atoms with van der Waals surface area (Å²) >= 11 is 0. The predicted molar refractivity (Wildman–Crippen MR) is 118 cm³/mol. The fraction of sp³-hybridized carbons (Fsp3) is 0.0833. The zero-order valence-corrected chi connectivity index (χ0v) is 17.1. The quantitative estimate of drug-likeness (QED) is 0.463. The first kappa shape index (κ1) is 20.0. The van der Waals surface area contributed by atoms with Crippen molar-refractivity contribution >= 4 is 11.6 Å². The lowest BCUT2D eigenvalue weighted by atomic mass is 10.2. The Morgan fingerprint density at radius 2 is 1.45 bits per heavy atom. The molecular formula is C24H21N3O4. The molecule has 0 aliphatic rings. The van der Waals surface area contributed by atoms with Crippen LogP contribution in [-0.4, -0.2) is 29.9 Å². The summed E-state index contributed by atoms with van der Waals surface area (Å²) in [6, 6.07) is 23.9. The number of ether oxygens (including phenoxy) is 3. The molecule has 0 bridgehead atoms. The van der Waals surface area contributed by atoms with E-state index in [0.29, 0.717) is 28.7 Å². The summed E-state index contributed by atoms with van der Waals surface area (Å²) in [6.45, 7) is 0. The molecule has 4 rings (SSSR count). The van der Waals surface area contributed by atoms with Crippen molar-refractivity contribution < 1.29 is 19.0 Å². The lowest BCUT2D eigenvalue weighted by Gasteiger charge is -2.10. The van der Waals surface area contributed by atoms with Crippen LogP contribution in [0.4, 0.5) is 5.69 Å². The van der Waals surface area contributed by atoms with Gasteiger partial charge in [-0.3, -0.25) is 4.79 Å². The van der Waals surface area contributed by atoms with Gasteiger partial charge in [0.15, 0.2) is 22.9 Å². The van der Waals surface area contributed by atoms with Gasteiger partial charge in [-0.15, -0.1) is 0 Å². The molecule has 0 aliphatic heterocycles. The number of methoxy groups -OCH3 is 2. The summed E-state index contributed by atoms with van der Waals surface area (Å²) < 4.78 is 18.1. The zero-order chi connectivity index (χ0) is 21.6. The fourth-order valence-electron chi connectivity index (χ4n) is 3.00. The standard InChI is InChI=1S/C24H21N3O4/c1-29-20-10-6-7-11-21(20)31-19-14-12-17(13-15-19)25-24(28)23-22(30-2)16-27(26-23)18-8-4-3-5-9-18/h3-16H,1-2H3,(H,25,28). The molecule has 0 unspecified atom stereocenters. The van der Waals surface area contributed by atoms with Crippen molar-refractivity contribution in [3.63, 3.8) is 0 Å². The van der Waals surface area contributed by atoms with E-state index in [9.17, 15) is 4.79 Å². The maximum absolute atomic E-state index is 12.8. The van der Waals surface area contributed by atoms with Gasteiger partial charge in [-0.05, 0) is 48.5 Å². The van der Waals surface area contributed by atoms with Crippen LogP contribution in [0.3, 0.4) is 0 Å². The Balaban J connectivity index is 1.48. The third-order valence-corrected chi connectivity index (χ3v) is 4.55. The van der Waals surface area contributed by atoms with Crippen molar-refractivity contribution in [2.75, 3.05) is 19.5 Å². The summed E-state index contributed by atoms with van der Waals surface area (Å²) in [5.41, 5.74) is 1.63. The molecule has 1 heterocycles. The molecule has 31 heavy (non-hydrogen) atoms. The molecule has 1 amide bonds. The highest BCUT2D eigenvalue weighted by Gasteiger charge is 2.18. The first-order chi connectivity index (χ1) is 15.2. The number of carbonyl (C=O) groups is 1. The van der Waals surface area contributed by atoms with E-state index in [1.807, 2.05) is 54.6 Å². The number of carbonyl (C=O) groups excluding carboxylic acids is 1. The van der Waals surface area contributed by atoms with Crippen LogP contribution in [0.2, 0.25) is 0 Å². The Hall–Kier alpha value is -4.26.